The number of carbonyl (C=O) groups excluding carboxylic acids is 1. The van der Waals surface area contributed by atoms with Crippen molar-refractivity contribution in [2.75, 3.05) is 13.2 Å². The quantitative estimate of drug-likeness (QED) is 0.605. The lowest BCUT2D eigenvalue weighted by Crippen LogP contribution is -2.26. The van der Waals surface area contributed by atoms with Crippen LogP contribution in [0.5, 0.6) is 11.6 Å². The highest BCUT2D eigenvalue weighted by atomic mass is 35.5. The average molecular weight is 421 g/mol. The number of rotatable bonds is 6. The van der Waals surface area contributed by atoms with E-state index in [0.717, 1.165) is 6.07 Å². The summed E-state index contributed by atoms with van der Waals surface area (Å²) in [7, 11) is 0. The zero-order chi connectivity index (χ0) is 20.1. The molecule has 0 saturated carbocycles. The maximum absolute atomic E-state index is 14.0. The maximum atomic E-state index is 14.0. The Morgan fingerprint density at radius 2 is 1.96 bits per heavy atom. The number of pyridine rings is 1. The lowest BCUT2D eigenvalue weighted by Gasteiger charge is -2.10. The van der Waals surface area contributed by atoms with Crippen LogP contribution in [0, 0.1) is 5.82 Å². The van der Waals surface area contributed by atoms with Gasteiger partial charge in [0.25, 0.3) is 5.91 Å². The van der Waals surface area contributed by atoms with E-state index in [0.29, 0.717) is 27.1 Å². The van der Waals surface area contributed by atoms with E-state index in [-0.39, 0.29) is 24.6 Å². The van der Waals surface area contributed by atoms with Gasteiger partial charge in [0.1, 0.15) is 11.6 Å². The van der Waals surface area contributed by atoms with Crippen molar-refractivity contribution >= 4 is 29.1 Å². The molecule has 1 heterocycles. The molecule has 0 aliphatic carbocycles. The lowest BCUT2D eigenvalue weighted by atomic mass is 10.1. The van der Waals surface area contributed by atoms with Crippen LogP contribution in [0.2, 0.25) is 10.0 Å². The van der Waals surface area contributed by atoms with E-state index in [4.69, 9.17) is 33.0 Å². The average Bonchev–Trinajstić information content (AvgIpc) is 2.68. The van der Waals surface area contributed by atoms with Crippen molar-refractivity contribution in [2.45, 2.75) is 0 Å². The normalized spacial score (nSPS) is 10.6. The number of hydrogen-bond donors (Lipinski definition) is 2. The smallest absolute Gasteiger partial charge is 0.251 e. The Kier molecular flexibility index (Phi) is 6.46. The molecule has 1 aromatic heterocycles. The molecule has 0 saturated heterocycles. The van der Waals surface area contributed by atoms with Gasteiger partial charge in [-0.2, -0.15) is 0 Å². The Labute approximate surface area is 170 Å². The van der Waals surface area contributed by atoms with Crippen molar-refractivity contribution in [3.05, 3.63) is 76.0 Å². The van der Waals surface area contributed by atoms with Gasteiger partial charge >= 0.3 is 0 Å². The van der Waals surface area contributed by atoms with Crippen LogP contribution in [-0.2, 0) is 0 Å². The minimum Gasteiger partial charge on any atom is -0.437 e. The monoisotopic (exact) mass is 420 g/mol. The van der Waals surface area contributed by atoms with Gasteiger partial charge in [-0.1, -0.05) is 29.3 Å². The summed E-state index contributed by atoms with van der Waals surface area (Å²) in [5.41, 5.74) is 0.942. The van der Waals surface area contributed by atoms with Crippen molar-refractivity contribution in [3.8, 4) is 22.9 Å². The Morgan fingerprint density at radius 3 is 2.71 bits per heavy atom. The van der Waals surface area contributed by atoms with Crippen LogP contribution in [0.15, 0.2) is 54.6 Å². The SMILES string of the molecule is O=C(NCCO)c1cc(F)cc(-c2cccc(Oc3ccc(Cl)cc3Cl)n2)c1. The standard InChI is InChI=1S/C20H15Cl2FN2O3/c21-14-4-5-18(16(22)11-14)28-19-3-1-2-17(25-19)12-8-13(10-15(23)9-12)20(27)24-6-7-26/h1-5,8-11,26H,6-7H2,(H,24,27). The number of aliphatic hydroxyl groups excluding tert-OH is 1. The highest BCUT2D eigenvalue weighted by Crippen LogP contribution is 2.31. The number of aromatic nitrogens is 1. The number of amides is 1. The molecule has 2 aromatic carbocycles. The summed E-state index contributed by atoms with van der Waals surface area (Å²) in [4.78, 5) is 16.4. The number of nitrogens with one attached hydrogen (secondary N) is 1. The second kappa shape index (κ2) is 9.01. The van der Waals surface area contributed by atoms with E-state index in [1.807, 2.05) is 0 Å². The molecule has 5 nitrogen and oxygen atoms in total. The van der Waals surface area contributed by atoms with Gasteiger partial charge in [-0.25, -0.2) is 9.37 Å². The predicted molar refractivity (Wildman–Crippen MR) is 106 cm³/mol. The van der Waals surface area contributed by atoms with E-state index in [9.17, 15) is 9.18 Å². The van der Waals surface area contributed by atoms with Gasteiger partial charge in [0.05, 0.1) is 17.3 Å². The number of carbonyl (C=O) groups is 1. The van der Waals surface area contributed by atoms with Gasteiger partial charge < -0.3 is 15.2 Å². The van der Waals surface area contributed by atoms with Crippen LogP contribution in [0.1, 0.15) is 10.4 Å². The molecule has 0 spiro atoms. The third kappa shape index (κ3) is 4.98. The largest absolute Gasteiger partial charge is 0.437 e. The van der Waals surface area contributed by atoms with E-state index in [2.05, 4.69) is 10.3 Å². The Morgan fingerprint density at radius 1 is 1.14 bits per heavy atom. The molecule has 0 atom stereocenters. The fourth-order valence-corrected chi connectivity index (χ4v) is 2.89. The van der Waals surface area contributed by atoms with Crippen molar-refractivity contribution in [3.63, 3.8) is 0 Å². The maximum Gasteiger partial charge on any atom is 0.251 e. The van der Waals surface area contributed by atoms with Crippen molar-refractivity contribution in [1.82, 2.24) is 10.3 Å². The summed E-state index contributed by atoms with van der Waals surface area (Å²) >= 11 is 12.0. The molecule has 0 radical (unpaired) electrons. The van der Waals surface area contributed by atoms with Crippen LogP contribution in [-0.4, -0.2) is 29.1 Å². The third-order valence-corrected chi connectivity index (χ3v) is 4.22. The first kappa shape index (κ1) is 20.1. The van der Waals surface area contributed by atoms with Crippen LogP contribution in [0.25, 0.3) is 11.3 Å². The van der Waals surface area contributed by atoms with Crippen LogP contribution < -0.4 is 10.1 Å². The van der Waals surface area contributed by atoms with E-state index >= 15 is 0 Å². The number of hydrogen-bond acceptors (Lipinski definition) is 4. The first-order valence-corrected chi connectivity index (χ1v) is 9.02. The molecule has 0 aliphatic heterocycles. The summed E-state index contributed by atoms with van der Waals surface area (Å²) in [6, 6.07) is 13.7. The Bertz CT molecular complexity index is 1010. The van der Waals surface area contributed by atoms with Crippen LogP contribution in [0.3, 0.4) is 0 Å². The summed E-state index contributed by atoms with van der Waals surface area (Å²) in [6.45, 7) is -0.129. The second-order valence-electron chi connectivity index (χ2n) is 5.75. The summed E-state index contributed by atoms with van der Waals surface area (Å²) < 4.78 is 19.7. The third-order valence-electron chi connectivity index (χ3n) is 3.69. The zero-order valence-corrected chi connectivity index (χ0v) is 16.0. The molecule has 3 aromatic rings. The number of ether oxygens (including phenoxy) is 1. The summed E-state index contributed by atoms with van der Waals surface area (Å²) in [6.07, 6.45) is 0. The molecule has 0 fully saturated rings. The summed E-state index contributed by atoms with van der Waals surface area (Å²) in [5, 5.41) is 12.1. The topological polar surface area (TPSA) is 71.5 Å². The first-order chi connectivity index (χ1) is 13.5. The Balaban J connectivity index is 1.89. The number of benzene rings is 2. The van der Waals surface area contributed by atoms with Crippen LogP contribution >= 0.6 is 23.2 Å². The van der Waals surface area contributed by atoms with E-state index in [1.165, 1.54) is 12.1 Å². The minimum absolute atomic E-state index is 0.0775. The fraction of sp³-hybridized carbons (Fsp3) is 0.100. The molecule has 2 N–H and O–H groups in total. The van der Waals surface area contributed by atoms with Gasteiger partial charge in [0, 0.05) is 28.8 Å². The molecule has 3 rings (SSSR count). The first-order valence-electron chi connectivity index (χ1n) is 8.26. The molecule has 0 bridgehead atoms. The van der Waals surface area contributed by atoms with Gasteiger partial charge in [-0.3, -0.25) is 4.79 Å². The second-order valence-corrected chi connectivity index (χ2v) is 6.59. The molecule has 8 heteroatoms. The molecule has 0 unspecified atom stereocenters. The van der Waals surface area contributed by atoms with Gasteiger partial charge in [0.15, 0.2) is 0 Å². The molecule has 28 heavy (non-hydrogen) atoms. The van der Waals surface area contributed by atoms with Gasteiger partial charge in [-0.15, -0.1) is 0 Å². The summed E-state index contributed by atoms with van der Waals surface area (Å²) in [5.74, 6) is -0.452. The van der Waals surface area contributed by atoms with E-state index < -0.39 is 11.7 Å². The van der Waals surface area contributed by atoms with Crippen molar-refractivity contribution < 1.29 is 19.0 Å². The molecule has 1 amide bonds. The highest BCUT2D eigenvalue weighted by molar-refractivity contribution is 6.35. The minimum atomic E-state index is -0.583. The molecule has 0 aliphatic rings. The molecule has 144 valence electrons. The van der Waals surface area contributed by atoms with Crippen molar-refractivity contribution in [1.29, 1.82) is 0 Å². The highest BCUT2D eigenvalue weighted by Gasteiger charge is 2.12. The fourth-order valence-electron chi connectivity index (χ4n) is 2.44. The van der Waals surface area contributed by atoms with E-state index in [1.54, 1.807) is 36.4 Å². The zero-order valence-electron chi connectivity index (χ0n) is 14.5. The Hall–Kier alpha value is -2.67. The number of nitrogens with zero attached hydrogens (tertiary/aromatic N) is 1. The molecular weight excluding hydrogens is 406 g/mol. The van der Waals surface area contributed by atoms with Crippen LogP contribution in [0.4, 0.5) is 4.39 Å². The van der Waals surface area contributed by atoms with Gasteiger partial charge in [0.2, 0.25) is 5.88 Å². The van der Waals surface area contributed by atoms with Gasteiger partial charge in [-0.05, 0) is 42.5 Å². The number of aliphatic hydroxyl groups is 1. The number of halogens is 3. The molecular formula is C20H15Cl2FN2O3. The lowest BCUT2D eigenvalue weighted by molar-refractivity contribution is 0.0944. The predicted octanol–water partition coefficient (Wildman–Crippen LogP) is 4.71. The van der Waals surface area contributed by atoms with Crippen molar-refractivity contribution in [2.24, 2.45) is 0 Å².